The van der Waals surface area contributed by atoms with Crippen molar-refractivity contribution < 1.29 is 19.1 Å². The summed E-state index contributed by atoms with van der Waals surface area (Å²) in [5.41, 5.74) is 1.00. The maximum atomic E-state index is 11.5. The fourth-order valence-electron chi connectivity index (χ4n) is 1.29. The van der Waals surface area contributed by atoms with Gasteiger partial charge in [-0.3, -0.25) is 0 Å². The molecule has 0 aliphatic rings. The molecule has 0 amide bonds. The van der Waals surface area contributed by atoms with Crippen LogP contribution < -0.4 is 0 Å². The number of ether oxygens (including phenoxy) is 2. The summed E-state index contributed by atoms with van der Waals surface area (Å²) in [6.07, 6.45) is 0. The third kappa shape index (κ3) is 3.17. The van der Waals surface area contributed by atoms with Crippen LogP contribution in [-0.4, -0.2) is 26.2 Å². The summed E-state index contributed by atoms with van der Waals surface area (Å²) in [6, 6.07) is 4.67. The normalized spacial score (nSPS) is 10.2. The van der Waals surface area contributed by atoms with E-state index in [4.69, 9.17) is 0 Å². The van der Waals surface area contributed by atoms with Gasteiger partial charge < -0.3 is 9.47 Å². The molecular weight excluding hydrogens is 260 g/mol. The van der Waals surface area contributed by atoms with E-state index in [0.717, 1.165) is 0 Å². The second-order valence-corrected chi connectivity index (χ2v) is 4.60. The molecule has 1 aromatic rings. The molecular formula is C11H12O4S2. The van der Waals surface area contributed by atoms with Gasteiger partial charge in [-0.15, -0.1) is 0 Å². The Kier molecular flexibility index (Phi) is 4.89. The minimum atomic E-state index is -0.602. The standard InChI is InChI=1S/C11H12O4S2/c1-14-9(12)7-4-3-6(11(16)17)5-8(7)10(13)15-2/h3-5,11,16-17H,1-2H3. The number of hydrogen-bond donors (Lipinski definition) is 2. The molecule has 0 radical (unpaired) electrons. The third-order valence-corrected chi connectivity index (χ3v) is 2.75. The van der Waals surface area contributed by atoms with Crippen molar-refractivity contribution in [1.82, 2.24) is 0 Å². The molecule has 0 saturated heterocycles. The van der Waals surface area contributed by atoms with Gasteiger partial charge in [-0.2, -0.15) is 25.3 Å². The Bertz CT molecular complexity index is 443. The van der Waals surface area contributed by atoms with Gasteiger partial charge in [0.15, 0.2) is 0 Å². The summed E-state index contributed by atoms with van der Waals surface area (Å²) in [5, 5.41) is 0. The summed E-state index contributed by atoms with van der Waals surface area (Å²) in [6.45, 7) is 0. The Morgan fingerprint density at radius 3 is 2.06 bits per heavy atom. The van der Waals surface area contributed by atoms with Gasteiger partial charge in [-0.25, -0.2) is 9.59 Å². The van der Waals surface area contributed by atoms with Gasteiger partial charge in [0.05, 0.1) is 29.9 Å². The van der Waals surface area contributed by atoms with E-state index in [1.54, 1.807) is 6.07 Å². The number of thiol groups is 2. The van der Waals surface area contributed by atoms with Crippen LogP contribution in [0.3, 0.4) is 0 Å². The number of rotatable bonds is 3. The predicted molar refractivity (Wildman–Crippen MR) is 69.8 cm³/mol. The number of benzene rings is 1. The molecule has 0 aliphatic heterocycles. The lowest BCUT2D eigenvalue weighted by Crippen LogP contribution is -2.12. The second kappa shape index (κ2) is 5.97. The van der Waals surface area contributed by atoms with Crippen molar-refractivity contribution in [3.63, 3.8) is 0 Å². The molecule has 0 fully saturated rings. The molecule has 0 heterocycles. The topological polar surface area (TPSA) is 52.6 Å². The number of carbonyl (C=O) groups is 2. The van der Waals surface area contributed by atoms with E-state index in [-0.39, 0.29) is 15.7 Å². The van der Waals surface area contributed by atoms with Crippen molar-refractivity contribution in [1.29, 1.82) is 0 Å². The lowest BCUT2D eigenvalue weighted by atomic mass is 10.0. The Hall–Kier alpha value is -1.14. The lowest BCUT2D eigenvalue weighted by Gasteiger charge is -2.10. The highest BCUT2D eigenvalue weighted by atomic mass is 32.2. The highest BCUT2D eigenvalue weighted by Crippen LogP contribution is 2.26. The molecule has 6 heteroatoms. The summed E-state index contributed by atoms with van der Waals surface area (Å²) in [7, 11) is 2.49. The number of methoxy groups -OCH3 is 2. The summed E-state index contributed by atoms with van der Waals surface area (Å²) < 4.78 is 8.85. The summed E-state index contributed by atoms with van der Waals surface area (Å²) in [4.78, 5) is 23.0. The van der Waals surface area contributed by atoms with Crippen molar-refractivity contribution in [2.75, 3.05) is 14.2 Å². The maximum absolute atomic E-state index is 11.5. The fraction of sp³-hybridized carbons (Fsp3) is 0.273. The molecule has 4 nitrogen and oxygen atoms in total. The average Bonchev–Trinajstić information content (AvgIpc) is 2.35. The zero-order valence-corrected chi connectivity index (χ0v) is 11.1. The maximum Gasteiger partial charge on any atom is 0.338 e. The van der Waals surface area contributed by atoms with Crippen LogP contribution >= 0.6 is 25.3 Å². The van der Waals surface area contributed by atoms with E-state index in [0.29, 0.717) is 5.56 Å². The first-order valence-corrected chi connectivity index (χ1v) is 5.71. The SMILES string of the molecule is COC(=O)c1ccc(C(S)S)cc1C(=O)OC. The van der Waals surface area contributed by atoms with Crippen LogP contribution in [0.4, 0.5) is 0 Å². The number of hydrogen-bond acceptors (Lipinski definition) is 6. The van der Waals surface area contributed by atoms with Gasteiger partial charge in [-0.1, -0.05) is 6.07 Å². The monoisotopic (exact) mass is 272 g/mol. The largest absolute Gasteiger partial charge is 0.465 e. The molecule has 1 aromatic carbocycles. The van der Waals surface area contributed by atoms with Crippen molar-refractivity contribution in [3.8, 4) is 0 Å². The minimum absolute atomic E-state index is 0.143. The summed E-state index contributed by atoms with van der Waals surface area (Å²) >= 11 is 8.27. The van der Waals surface area contributed by atoms with E-state index < -0.39 is 11.9 Å². The minimum Gasteiger partial charge on any atom is -0.465 e. The highest BCUT2D eigenvalue weighted by Gasteiger charge is 2.19. The Balaban J connectivity index is 3.31. The quantitative estimate of drug-likeness (QED) is 0.503. The van der Waals surface area contributed by atoms with E-state index >= 15 is 0 Å². The number of carbonyl (C=O) groups excluding carboxylic acids is 2. The fourth-order valence-corrected chi connectivity index (χ4v) is 1.61. The van der Waals surface area contributed by atoms with Gasteiger partial charge in [0.25, 0.3) is 0 Å². The average molecular weight is 272 g/mol. The molecule has 1 rings (SSSR count). The predicted octanol–water partition coefficient (Wildman–Crippen LogP) is 2.12. The van der Waals surface area contributed by atoms with Crippen molar-refractivity contribution in [2.24, 2.45) is 0 Å². The van der Waals surface area contributed by atoms with E-state index in [1.165, 1.54) is 26.4 Å². The Morgan fingerprint density at radius 2 is 1.59 bits per heavy atom. The second-order valence-electron chi connectivity index (χ2n) is 3.16. The first-order chi connectivity index (χ1) is 8.01. The molecule has 0 N–H and O–H groups in total. The molecule has 0 aromatic heterocycles. The molecule has 92 valence electrons. The number of esters is 2. The van der Waals surface area contributed by atoms with E-state index in [2.05, 4.69) is 34.7 Å². The van der Waals surface area contributed by atoms with E-state index in [9.17, 15) is 9.59 Å². The van der Waals surface area contributed by atoms with Gasteiger partial charge in [0.2, 0.25) is 0 Å². The van der Waals surface area contributed by atoms with Crippen LogP contribution in [0.15, 0.2) is 18.2 Å². The van der Waals surface area contributed by atoms with E-state index in [1.807, 2.05) is 0 Å². The van der Waals surface area contributed by atoms with Crippen molar-refractivity contribution in [2.45, 2.75) is 4.58 Å². The molecule has 17 heavy (non-hydrogen) atoms. The van der Waals surface area contributed by atoms with Gasteiger partial charge in [0.1, 0.15) is 0 Å². The first-order valence-electron chi connectivity index (χ1n) is 4.68. The van der Waals surface area contributed by atoms with Crippen LogP contribution in [-0.2, 0) is 9.47 Å². The van der Waals surface area contributed by atoms with Crippen LogP contribution in [0.1, 0.15) is 30.9 Å². The Morgan fingerprint density at radius 1 is 1.06 bits per heavy atom. The van der Waals surface area contributed by atoms with Gasteiger partial charge in [0, 0.05) is 0 Å². The van der Waals surface area contributed by atoms with Crippen LogP contribution in [0.2, 0.25) is 0 Å². The first kappa shape index (κ1) is 13.9. The molecule has 0 atom stereocenters. The van der Waals surface area contributed by atoms with Gasteiger partial charge >= 0.3 is 11.9 Å². The van der Waals surface area contributed by atoms with Gasteiger partial charge in [-0.05, 0) is 17.7 Å². The van der Waals surface area contributed by atoms with Crippen LogP contribution in [0, 0.1) is 0 Å². The van der Waals surface area contributed by atoms with Crippen LogP contribution in [0.25, 0.3) is 0 Å². The zero-order valence-electron chi connectivity index (χ0n) is 9.34. The summed E-state index contributed by atoms with van der Waals surface area (Å²) in [5.74, 6) is -1.19. The highest BCUT2D eigenvalue weighted by molar-refractivity contribution is 7.98. The molecule has 0 spiro atoms. The molecule has 0 unspecified atom stereocenters. The zero-order chi connectivity index (χ0) is 13.0. The molecule has 0 bridgehead atoms. The van der Waals surface area contributed by atoms with Crippen molar-refractivity contribution >= 4 is 37.2 Å². The molecule has 0 aliphatic carbocycles. The van der Waals surface area contributed by atoms with Crippen molar-refractivity contribution in [3.05, 3.63) is 34.9 Å². The third-order valence-electron chi connectivity index (χ3n) is 2.15. The smallest absolute Gasteiger partial charge is 0.338 e. The molecule has 0 saturated carbocycles. The van der Waals surface area contributed by atoms with Crippen LogP contribution in [0.5, 0.6) is 0 Å². The lowest BCUT2D eigenvalue weighted by molar-refractivity contribution is 0.0555. The Labute approximate surface area is 110 Å².